The monoisotopic (exact) mass is 305 g/mol. The van der Waals surface area contributed by atoms with E-state index in [0.717, 1.165) is 22.7 Å². The van der Waals surface area contributed by atoms with E-state index in [1.165, 1.54) is 6.26 Å². The fourth-order valence-electron chi connectivity index (χ4n) is 2.16. The number of para-hydroxylation sites is 1. The van der Waals surface area contributed by atoms with Crippen molar-refractivity contribution >= 4 is 15.5 Å². The molecular weight excluding hydrogens is 290 g/mol. The van der Waals surface area contributed by atoms with Crippen LogP contribution in [-0.4, -0.2) is 21.5 Å². The van der Waals surface area contributed by atoms with Crippen molar-refractivity contribution in [1.82, 2.24) is 0 Å². The molecule has 1 N–H and O–H groups in total. The predicted octanol–water partition coefficient (Wildman–Crippen LogP) is 2.43. The topological polar surface area (TPSA) is 64.6 Å². The molecule has 0 aromatic heterocycles. The first kappa shape index (κ1) is 13.8. The number of sulfone groups is 1. The van der Waals surface area contributed by atoms with Gasteiger partial charge < -0.3 is 14.8 Å². The van der Waals surface area contributed by atoms with Gasteiger partial charge in [0, 0.05) is 24.1 Å². The minimum Gasteiger partial charge on any atom is -0.454 e. The number of fused-ring (bicyclic) bond motifs is 1. The summed E-state index contributed by atoms with van der Waals surface area (Å²) in [5, 5.41) is 3.20. The minimum absolute atomic E-state index is 0.232. The molecule has 0 saturated carbocycles. The fourth-order valence-corrected chi connectivity index (χ4v) is 2.83. The Labute approximate surface area is 123 Å². The summed E-state index contributed by atoms with van der Waals surface area (Å²) in [6, 6.07) is 12.4. The molecule has 1 aliphatic heterocycles. The fraction of sp³-hybridized carbons (Fsp3) is 0.200. The number of anilines is 1. The van der Waals surface area contributed by atoms with Crippen LogP contribution in [-0.2, 0) is 16.4 Å². The van der Waals surface area contributed by atoms with E-state index in [-0.39, 0.29) is 6.79 Å². The third-order valence-corrected chi connectivity index (χ3v) is 4.33. The van der Waals surface area contributed by atoms with E-state index in [1.54, 1.807) is 18.2 Å². The van der Waals surface area contributed by atoms with Gasteiger partial charge in [-0.25, -0.2) is 8.42 Å². The highest BCUT2D eigenvalue weighted by Crippen LogP contribution is 2.35. The molecule has 0 atom stereocenters. The Hall–Kier alpha value is -2.21. The SMILES string of the molecule is CS(=O)(=O)c1cccc(NCc2cccc3c2OCO3)c1. The average molecular weight is 305 g/mol. The Kier molecular flexibility index (Phi) is 3.47. The van der Waals surface area contributed by atoms with E-state index in [9.17, 15) is 8.42 Å². The Bertz CT molecular complexity index is 771. The van der Waals surface area contributed by atoms with Crippen molar-refractivity contribution in [1.29, 1.82) is 0 Å². The Morgan fingerprint density at radius 2 is 1.95 bits per heavy atom. The summed E-state index contributed by atoms with van der Waals surface area (Å²) in [6.45, 7) is 0.760. The number of rotatable bonds is 4. The van der Waals surface area contributed by atoms with Gasteiger partial charge in [0.1, 0.15) is 0 Å². The first-order valence-electron chi connectivity index (χ1n) is 6.45. The van der Waals surface area contributed by atoms with Gasteiger partial charge in [-0.1, -0.05) is 18.2 Å². The normalized spacial score (nSPS) is 13.2. The van der Waals surface area contributed by atoms with E-state index in [4.69, 9.17) is 9.47 Å². The molecule has 0 bridgehead atoms. The van der Waals surface area contributed by atoms with Gasteiger partial charge in [0.05, 0.1) is 4.90 Å². The quantitative estimate of drug-likeness (QED) is 0.940. The molecule has 0 unspecified atom stereocenters. The maximum atomic E-state index is 11.5. The second-order valence-electron chi connectivity index (χ2n) is 4.80. The Morgan fingerprint density at radius 1 is 1.14 bits per heavy atom. The zero-order chi connectivity index (χ0) is 14.9. The lowest BCUT2D eigenvalue weighted by atomic mass is 10.2. The molecule has 3 rings (SSSR count). The summed E-state index contributed by atoms with van der Waals surface area (Å²) in [6.07, 6.45) is 1.20. The number of nitrogens with one attached hydrogen (secondary N) is 1. The molecule has 0 aliphatic carbocycles. The maximum Gasteiger partial charge on any atom is 0.231 e. The van der Waals surface area contributed by atoms with Gasteiger partial charge in [0.25, 0.3) is 0 Å². The van der Waals surface area contributed by atoms with Gasteiger partial charge in [0.2, 0.25) is 6.79 Å². The third kappa shape index (κ3) is 2.95. The zero-order valence-electron chi connectivity index (χ0n) is 11.5. The first-order chi connectivity index (χ1) is 10.0. The third-order valence-electron chi connectivity index (χ3n) is 3.22. The van der Waals surface area contributed by atoms with E-state index in [0.29, 0.717) is 11.4 Å². The summed E-state index contributed by atoms with van der Waals surface area (Å²) in [5.41, 5.74) is 1.71. The molecule has 110 valence electrons. The van der Waals surface area contributed by atoms with Gasteiger partial charge in [-0.15, -0.1) is 0 Å². The molecule has 6 heteroatoms. The van der Waals surface area contributed by atoms with Crippen LogP contribution in [0, 0.1) is 0 Å². The summed E-state index contributed by atoms with van der Waals surface area (Å²) in [5.74, 6) is 1.48. The molecule has 1 aliphatic rings. The predicted molar refractivity (Wildman–Crippen MR) is 79.4 cm³/mol. The van der Waals surface area contributed by atoms with E-state index in [2.05, 4.69) is 5.32 Å². The van der Waals surface area contributed by atoms with Crippen LogP contribution in [0.15, 0.2) is 47.4 Å². The summed E-state index contributed by atoms with van der Waals surface area (Å²) in [4.78, 5) is 0.297. The van der Waals surface area contributed by atoms with Crippen LogP contribution in [0.25, 0.3) is 0 Å². The second kappa shape index (κ2) is 5.29. The van der Waals surface area contributed by atoms with Crippen molar-refractivity contribution in [3.05, 3.63) is 48.0 Å². The van der Waals surface area contributed by atoms with Gasteiger partial charge in [-0.05, 0) is 24.3 Å². The molecule has 2 aromatic carbocycles. The maximum absolute atomic E-state index is 11.5. The largest absolute Gasteiger partial charge is 0.454 e. The number of hydrogen-bond acceptors (Lipinski definition) is 5. The molecule has 0 spiro atoms. The smallest absolute Gasteiger partial charge is 0.231 e. The van der Waals surface area contributed by atoms with E-state index >= 15 is 0 Å². The van der Waals surface area contributed by atoms with Crippen molar-refractivity contribution in [2.75, 3.05) is 18.4 Å². The van der Waals surface area contributed by atoms with Crippen molar-refractivity contribution < 1.29 is 17.9 Å². The molecule has 1 heterocycles. The highest BCUT2D eigenvalue weighted by atomic mass is 32.2. The molecule has 0 saturated heterocycles. The number of benzene rings is 2. The Morgan fingerprint density at radius 3 is 2.76 bits per heavy atom. The van der Waals surface area contributed by atoms with Gasteiger partial charge in [-0.3, -0.25) is 0 Å². The van der Waals surface area contributed by atoms with E-state index in [1.807, 2.05) is 24.3 Å². The van der Waals surface area contributed by atoms with Crippen LogP contribution in [0.4, 0.5) is 5.69 Å². The van der Waals surface area contributed by atoms with Crippen LogP contribution in [0.5, 0.6) is 11.5 Å². The lowest BCUT2D eigenvalue weighted by Crippen LogP contribution is -2.03. The lowest BCUT2D eigenvalue weighted by molar-refractivity contribution is 0.173. The molecule has 21 heavy (non-hydrogen) atoms. The van der Waals surface area contributed by atoms with Crippen LogP contribution in [0.2, 0.25) is 0 Å². The van der Waals surface area contributed by atoms with Gasteiger partial charge >= 0.3 is 0 Å². The number of hydrogen-bond donors (Lipinski definition) is 1. The molecular formula is C15H15NO4S. The summed E-state index contributed by atoms with van der Waals surface area (Å²) >= 11 is 0. The Balaban J connectivity index is 1.79. The van der Waals surface area contributed by atoms with E-state index < -0.39 is 9.84 Å². The molecule has 0 radical (unpaired) electrons. The molecule has 0 fully saturated rings. The van der Waals surface area contributed by atoms with Crippen LogP contribution >= 0.6 is 0 Å². The molecule has 0 amide bonds. The van der Waals surface area contributed by atoms with Crippen LogP contribution in [0.3, 0.4) is 0 Å². The highest BCUT2D eigenvalue weighted by molar-refractivity contribution is 7.90. The van der Waals surface area contributed by atoms with Crippen molar-refractivity contribution in [3.8, 4) is 11.5 Å². The summed E-state index contributed by atoms with van der Waals surface area (Å²) < 4.78 is 33.9. The summed E-state index contributed by atoms with van der Waals surface area (Å²) in [7, 11) is -3.20. The van der Waals surface area contributed by atoms with Crippen LogP contribution in [0.1, 0.15) is 5.56 Å². The van der Waals surface area contributed by atoms with Crippen LogP contribution < -0.4 is 14.8 Å². The standard InChI is InChI=1S/C15H15NO4S/c1-21(17,18)13-6-3-5-12(8-13)16-9-11-4-2-7-14-15(11)20-10-19-14/h2-8,16H,9-10H2,1H3. The molecule has 2 aromatic rings. The van der Waals surface area contributed by atoms with Crippen molar-refractivity contribution in [2.24, 2.45) is 0 Å². The second-order valence-corrected chi connectivity index (χ2v) is 6.82. The average Bonchev–Trinajstić information content (AvgIpc) is 2.93. The van der Waals surface area contributed by atoms with Crippen molar-refractivity contribution in [3.63, 3.8) is 0 Å². The van der Waals surface area contributed by atoms with Gasteiger partial charge in [0.15, 0.2) is 21.3 Å². The molecule has 5 nitrogen and oxygen atoms in total. The van der Waals surface area contributed by atoms with Gasteiger partial charge in [-0.2, -0.15) is 0 Å². The zero-order valence-corrected chi connectivity index (χ0v) is 12.3. The lowest BCUT2D eigenvalue weighted by Gasteiger charge is -2.09. The minimum atomic E-state index is -3.20. The van der Waals surface area contributed by atoms with Crippen molar-refractivity contribution in [2.45, 2.75) is 11.4 Å². The number of ether oxygens (including phenoxy) is 2. The highest BCUT2D eigenvalue weighted by Gasteiger charge is 2.16. The first-order valence-corrected chi connectivity index (χ1v) is 8.35.